The van der Waals surface area contributed by atoms with Crippen LogP contribution in [0.1, 0.15) is 37.0 Å². The zero-order valence-corrected chi connectivity index (χ0v) is 17.0. The Morgan fingerprint density at radius 3 is 2.50 bits per heavy atom. The summed E-state index contributed by atoms with van der Waals surface area (Å²) in [6, 6.07) is 15.0. The summed E-state index contributed by atoms with van der Waals surface area (Å²) in [6.07, 6.45) is 3.34. The molecule has 0 fully saturated rings. The molecule has 1 aromatic heterocycles. The maximum Gasteiger partial charge on any atom is 0.342 e. The standard InChI is InChI=1S/C23H24FN3O3/c1-3-7-16(2)25-21(28)15-30-23(29)20-14-27(19-8-5-4-6-9-19)26-22(20)17-10-12-18(24)13-11-17/h4-6,8-14,16H,3,7,15H2,1-2H3,(H,25,28)/t16-/m0/s1. The molecule has 3 rings (SSSR count). The third-order valence-electron chi connectivity index (χ3n) is 4.54. The van der Waals surface area contributed by atoms with E-state index in [2.05, 4.69) is 10.4 Å². The van der Waals surface area contributed by atoms with Gasteiger partial charge in [0.05, 0.1) is 5.69 Å². The van der Waals surface area contributed by atoms with E-state index in [0.717, 1.165) is 18.5 Å². The minimum Gasteiger partial charge on any atom is -0.452 e. The molecule has 7 heteroatoms. The number of aromatic nitrogens is 2. The van der Waals surface area contributed by atoms with Crippen LogP contribution in [0, 0.1) is 5.82 Å². The lowest BCUT2D eigenvalue weighted by Crippen LogP contribution is -2.35. The monoisotopic (exact) mass is 409 g/mol. The number of hydrogen-bond acceptors (Lipinski definition) is 4. The summed E-state index contributed by atoms with van der Waals surface area (Å²) < 4.78 is 20.1. The van der Waals surface area contributed by atoms with Gasteiger partial charge in [-0.1, -0.05) is 31.5 Å². The fraction of sp³-hybridized carbons (Fsp3) is 0.261. The Hall–Kier alpha value is -3.48. The largest absolute Gasteiger partial charge is 0.452 e. The Balaban J connectivity index is 1.83. The summed E-state index contributed by atoms with van der Waals surface area (Å²) in [5.41, 5.74) is 1.87. The number of hydrogen-bond donors (Lipinski definition) is 1. The topological polar surface area (TPSA) is 73.2 Å². The predicted octanol–water partition coefficient (Wildman–Crippen LogP) is 4.14. The zero-order valence-electron chi connectivity index (χ0n) is 17.0. The molecule has 30 heavy (non-hydrogen) atoms. The first-order chi connectivity index (χ1) is 14.5. The van der Waals surface area contributed by atoms with Crippen molar-refractivity contribution < 1.29 is 18.7 Å². The first kappa shape index (κ1) is 21.2. The van der Waals surface area contributed by atoms with Crippen LogP contribution in [0.5, 0.6) is 0 Å². The first-order valence-electron chi connectivity index (χ1n) is 9.85. The Morgan fingerprint density at radius 2 is 1.83 bits per heavy atom. The molecule has 1 heterocycles. The molecule has 0 saturated heterocycles. The number of para-hydroxylation sites is 1. The molecule has 0 radical (unpaired) electrons. The summed E-state index contributed by atoms with van der Waals surface area (Å²) in [6.45, 7) is 3.55. The van der Waals surface area contributed by atoms with Crippen molar-refractivity contribution in [2.75, 3.05) is 6.61 Å². The highest BCUT2D eigenvalue weighted by Gasteiger charge is 2.21. The molecule has 0 spiro atoms. The highest BCUT2D eigenvalue weighted by molar-refractivity contribution is 5.97. The molecule has 0 unspecified atom stereocenters. The van der Waals surface area contributed by atoms with Crippen LogP contribution in [-0.4, -0.2) is 34.3 Å². The molecule has 6 nitrogen and oxygen atoms in total. The van der Waals surface area contributed by atoms with Crippen LogP contribution >= 0.6 is 0 Å². The fourth-order valence-corrected chi connectivity index (χ4v) is 3.09. The number of esters is 1. The predicted molar refractivity (Wildman–Crippen MR) is 112 cm³/mol. The van der Waals surface area contributed by atoms with Gasteiger partial charge in [-0.2, -0.15) is 5.10 Å². The van der Waals surface area contributed by atoms with E-state index >= 15 is 0 Å². The van der Waals surface area contributed by atoms with Crippen LogP contribution in [0.25, 0.3) is 16.9 Å². The maximum atomic E-state index is 13.3. The first-order valence-corrected chi connectivity index (χ1v) is 9.85. The van der Waals surface area contributed by atoms with E-state index in [4.69, 9.17) is 4.74 Å². The van der Waals surface area contributed by atoms with E-state index in [1.165, 1.54) is 12.1 Å². The second-order valence-corrected chi connectivity index (χ2v) is 7.01. The van der Waals surface area contributed by atoms with Gasteiger partial charge in [0.1, 0.15) is 17.1 Å². The van der Waals surface area contributed by atoms with Crippen LogP contribution < -0.4 is 5.32 Å². The number of benzene rings is 2. The van der Waals surface area contributed by atoms with Crippen molar-refractivity contribution in [3.8, 4) is 16.9 Å². The summed E-state index contributed by atoms with van der Waals surface area (Å²) in [7, 11) is 0. The normalized spacial score (nSPS) is 11.7. The van der Waals surface area contributed by atoms with E-state index in [9.17, 15) is 14.0 Å². The minimum absolute atomic E-state index is 0.0109. The van der Waals surface area contributed by atoms with Crippen LogP contribution in [0.2, 0.25) is 0 Å². The summed E-state index contributed by atoms with van der Waals surface area (Å²) in [4.78, 5) is 24.8. The molecule has 0 saturated carbocycles. The van der Waals surface area contributed by atoms with Crippen LogP contribution in [0.3, 0.4) is 0 Å². The molecule has 1 N–H and O–H groups in total. The average molecular weight is 409 g/mol. The highest BCUT2D eigenvalue weighted by atomic mass is 19.1. The fourth-order valence-electron chi connectivity index (χ4n) is 3.09. The number of halogens is 1. The van der Waals surface area contributed by atoms with Gasteiger partial charge in [-0.25, -0.2) is 13.9 Å². The number of amides is 1. The van der Waals surface area contributed by atoms with Crippen LogP contribution in [0.15, 0.2) is 60.8 Å². The number of rotatable bonds is 8. The van der Waals surface area contributed by atoms with Gasteiger partial charge < -0.3 is 10.1 Å². The second kappa shape index (κ2) is 9.82. The maximum absolute atomic E-state index is 13.3. The number of nitrogens with zero attached hydrogens (tertiary/aromatic N) is 2. The van der Waals surface area contributed by atoms with Crippen molar-refractivity contribution in [3.05, 3.63) is 72.2 Å². The summed E-state index contributed by atoms with van der Waals surface area (Å²) in [5, 5.41) is 7.29. The Labute approximate surface area is 174 Å². The van der Waals surface area contributed by atoms with E-state index in [-0.39, 0.29) is 29.9 Å². The van der Waals surface area contributed by atoms with Crippen LogP contribution in [-0.2, 0) is 9.53 Å². The van der Waals surface area contributed by atoms with Crippen molar-refractivity contribution in [2.24, 2.45) is 0 Å². The number of carbonyl (C=O) groups excluding carboxylic acids is 2. The molecule has 0 bridgehead atoms. The van der Waals surface area contributed by atoms with Gasteiger partial charge in [-0.15, -0.1) is 0 Å². The molecule has 2 aromatic carbocycles. The van der Waals surface area contributed by atoms with E-state index in [0.29, 0.717) is 11.3 Å². The van der Waals surface area contributed by atoms with Gasteiger partial charge in [0.25, 0.3) is 5.91 Å². The third-order valence-corrected chi connectivity index (χ3v) is 4.54. The number of ether oxygens (including phenoxy) is 1. The van der Waals surface area contributed by atoms with Crippen molar-refractivity contribution in [3.63, 3.8) is 0 Å². The number of carbonyl (C=O) groups is 2. The van der Waals surface area contributed by atoms with Crippen molar-refractivity contribution in [2.45, 2.75) is 32.7 Å². The van der Waals surface area contributed by atoms with E-state index in [1.54, 1.807) is 23.0 Å². The lowest BCUT2D eigenvalue weighted by Gasteiger charge is -2.12. The molecular formula is C23H24FN3O3. The van der Waals surface area contributed by atoms with Gasteiger partial charge in [0, 0.05) is 17.8 Å². The van der Waals surface area contributed by atoms with Gasteiger partial charge in [-0.3, -0.25) is 4.79 Å². The SMILES string of the molecule is CCC[C@H](C)NC(=O)COC(=O)c1cn(-c2ccccc2)nc1-c1ccc(F)cc1. The Kier molecular flexibility index (Phi) is 6.95. The van der Waals surface area contributed by atoms with Gasteiger partial charge >= 0.3 is 5.97 Å². The molecule has 0 aliphatic heterocycles. The summed E-state index contributed by atoms with van der Waals surface area (Å²) in [5.74, 6) is -1.42. The second-order valence-electron chi connectivity index (χ2n) is 7.01. The van der Waals surface area contributed by atoms with Gasteiger partial charge in [0.2, 0.25) is 0 Å². The number of nitrogens with one attached hydrogen (secondary N) is 1. The molecule has 0 aliphatic carbocycles. The van der Waals surface area contributed by atoms with Crippen LogP contribution in [0.4, 0.5) is 4.39 Å². The Morgan fingerprint density at radius 1 is 1.13 bits per heavy atom. The zero-order chi connectivity index (χ0) is 21.5. The quantitative estimate of drug-likeness (QED) is 0.568. The smallest absolute Gasteiger partial charge is 0.342 e. The van der Waals surface area contributed by atoms with Crippen molar-refractivity contribution in [1.82, 2.24) is 15.1 Å². The molecule has 156 valence electrons. The molecule has 1 atom stereocenters. The summed E-state index contributed by atoms with van der Waals surface area (Å²) >= 11 is 0. The Bertz CT molecular complexity index is 1000. The minimum atomic E-state index is -0.671. The lowest BCUT2D eigenvalue weighted by atomic mass is 10.1. The molecular weight excluding hydrogens is 385 g/mol. The van der Waals surface area contributed by atoms with Crippen molar-refractivity contribution in [1.29, 1.82) is 0 Å². The van der Waals surface area contributed by atoms with E-state index < -0.39 is 5.97 Å². The molecule has 0 aliphatic rings. The van der Waals surface area contributed by atoms with Crippen molar-refractivity contribution >= 4 is 11.9 Å². The van der Waals surface area contributed by atoms with Gasteiger partial charge in [-0.05, 0) is 49.7 Å². The van der Waals surface area contributed by atoms with Gasteiger partial charge in [0.15, 0.2) is 6.61 Å². The lowest BCUT2D eigenvalue weighted by molar-refractivity contribution is -0.124. The highest BCUT2D eigenvalue weighted by Crippen LogP contribution is 2.25. The average Bonchev–Trinajstić information content (AvgIpc) is 3.19. The van der Waals surface area contributed by atoms with E-state index in [1.807, 2.05) is 44.2 Å². The molecule has 1 amide bonds. The molecule has 3 aromatic rings. The third kappa shape index (κ3) is 5.31.